The molecule has 3 heterocycles. The first-order valence-corrected chi connectivity index (χ1v) is 8.33. The van der Waals surface area contributed by atoms with E-state index in [1.165, 1.54) is 6.07 Å². The number of likely N-dealkylation sites (N-methyl/N-ethyl adjacent to an activating group) is 1. The predicted octanol–water partition coefficient (Wildman–Crippen LogP) is 2.51. The van der Waals surface area contributed by atoms with Gasteiger partial charge in [-0.25, -0.2) is 9.69 Å². The van der Waals surface area contributed by atoms with Crippen molar-refractivity contribution in [3.05, 3.63) is 32.6 Å². The number of hydrogen-bond donors (Lipinski definition) is 0. The summed E-state index contributed by atoms with van der Waals surface area (Å²) < 4.78 is 42.0. The number of aromatic nitrogens is 2. The van der Waals surface area contributed by atoms with Gasteiger partial charge in [0.2, 0.25) is 5.01 Å². The Labute approximate surface area is 142 Å². The van der Waals surface area contributed by atoms with Crippen LogP contribution in [-0.4, -0.2) is 47.6 Å². The molecule has 24 heavy (non-hydrogen) atoms. The fourth-order valence-corrected chi connectivity index (χ4v) is 3.66. The third-order valence-electron chi connectivity index (χ3n) is 3.33. The molecule has 2 atom stereocenters. The van der Waals surface area contributed by atoms with Crippen molar-refractivity contribution < 1.29 is 22.7 Å². The summed E-state index contributed by atoms with van der Waals surface area (Å²) in [5.74, 6) is -0.691. The Balaban J connectivity index is 1.86. The number of hydroxylamine groups is 2. The summed E-state index contributed by atoms with van der Waals surface area (Å²) in [6.07, 6.45) is -5.89. The molecule has 12 heteroatoms. The van der Waals surface area contributed by atoms with Crippen molar-refractivity contribution in [3.8, 4) is 0 Å². The summed E-state index contributed by atoms with van der Waals surface area (Å²) in [4.78, 5) is 13.9. The summed E-state index contributed by atoms with van der Waals surface area (Å²) in [6, 6.07) is 3.19. The molecule has 0 aliphatic carbocycles. The van der Waals surface area contributed by atoms with Crippen LogP contribution in [-0.2, 0) is 10.9 Å². The lowest BCUT2D eigenvalue weighted by Crippen LogP contribution is -2.50. The first kappa shape index (κ1) is 17.2. The molecule has 1 aliphatic heterocycles. The average molecular weight is 380 g/mol. The highest BCUT2D eigenvalue weighted by Crippen LogP contribution is 2.39. The number of alkyl halides is 3. The van der Waals surface area contributed by atoms with Gasteiger partial charge in [0.25, 0.3) is 6.23 Å². The number of carbonyl (C=O) groups excluding carboxylic acids is 1. The van der Waals surface area contributed by atoms with Crippen LogP contribution >= 0.6 is 22.7 Å². The molecule has 0 N–H and O–H groups in total. The van der Waals surface area contributed by atoms with Crippen LogP contribution in [0.2, 0.25) is 0 Å². The minimum atomic E-state index is -4.68. The number of halogens is 3. The molecule has 1 aliphatic rings. The molecule has 0 amide bonds. The molecule has 1 saturated heterocycles. The number of rotatable bonds is 3. The van der Waals surface area contributed by atoms with Crippen LogP contribution in [0.4, 0.5) is 18.3 Å². The van der Waals surface area contributed by atoms with Gasteiger partial charge in [-0.3, -0.25) is 4.65 Å². The highest BCUT2D eigenvalue weighted by molar-refractivity contribution is 7.15. The Morgan fingerprint density at radius 2 is 2.25 bits per heavy atom. The first-order valence-electron chi connectivity index (χ1n) is 6.63. The van der Waals surface area contributed by atoms with E-state index in [0.29, 0.717) is 4.88 Å². The van der Waals surface area contributed by atoms with Gasteiger partial charge in [-0.15, -0.1) is 16.4 Å². The third kappa shape index (κ3) is 3.15. The van der Waals surface area contributed by atoms with Crippen molar-refractivity contribution in [2.45, 2.75) is 12.4 Å². The summed E-state index contributed by atoms with van der Waals surface area (Å²) >= 11 is 1.31. The normalized spacial score (nSPS) is 25.1. The van der Waals surface area contributed by atoms with Gasteiger partial charge < -0.3 is 9.94 Å². The van der Waals surface area contributed by atoms with Gasteiger partial charge in [0.15, 0.2) is 0 Å². The number of hydrogen-bond acceptors (Lipinski definition) is 8. The van der Waals surface area contributed by atoms with Gasteiger partial charge in [-0.1, -0.05) is 11.2 Å². The number of carbonyl (C=O) groups is 1. The van der Waals surface area contributed by atoms with E-state index in [1.807, 2.05) is 0 Å². The lowest BCUT2D eigenvalue weighted by atomic mass is 10.4. The van der Waals surface area contributed by atoms with Crippen molar-refractivity contribution in [2.75, 3.05) is 20.3 Å². The number of thiophene rings is 1. The van der Waals surface area contributed by atoms with E-state index in [4.69, 9.17) is 4.74 Å². The summed E-state index contributed by atoms with van der Waals surface area (Å²) in [6.45, 7) is -0.101. The minimum Gasteiger partial charge on any atom is -0.622 e. The lowest BCUT2D eigenvalue weighted by Gasteiger charge is -2.38. The predicted molar refractivity (Wildman–Crippen MR) is 81.1 cm³/mol. The highest BCUT2D eigenvalue weighted by atomic mass is 32.1. The third-order valence-corrected chi connectivity index (χ3v) is 5.26. The van der Waals surface area contributed by atoms with Gasteiger partial charge in [0, 0.05) is 0 Å². The van der Waals surface area contributed by atoms with Crippen molar-refractivity contribution in [1.82, 2.24) is 19.7 Å². The van der Waals surface area contributed by atoms with Crippen molar-refractivity contribution in [1.29, 1.82) is 0 Å². The van der Waals surface area contributed by atoms with E-state index >= 15 is 0 Å². The Kier molecular flexibility index (Phi) is 4.34. The molecule has 0 aromatic carbocycles. The average Bonchev–Trinajstić information content (AvgIpc) is 3.19. The molecule has 2 aromatic heterocycles. The van der Waals surface area contributed by atoms with Gasteiger partial charge >= 0.3 is 17.3 Å². The van der Waals surface area contributed by atoms with Gasteiger partial charge in [-0.05, 0) is 29.8 Å². The molecule has 0 radical (unpaired) electrons. The maximum Gasteiger partial charge on any atom is 0.445 e. The summed E-state index contributed by atoms with van der Waals surface area (Å²) in [5.41, 5.74) is 0. The number of quaternary nitrogens is 1. The first-order chi connectivity index (χ1) is 11.2. The van der Waals surface area contributed by atoms with E-state index < -0.39 is 33.2 Å². The SMILES string of the molecule is CN1CC(OC(=O)c2cccs2)[N+]([O-])(c2nnc(C(F)(F)F)s2)C1. The second kappa shape index (κ2) is 6.04. The Morgan fingerprint density at radius 3 is 2.83 bits per heavy atom. The number of nitrogens with zero attached hydrogens (tertiary/aromatic N) is 4. The van der Waals surface area contributed by atoms with Crippen LogP contribution in [0.25, 0.3) is 0 Å². The van der Waals surface area contributed by atoms with Crippen LogP contribution in [0.3, 0.4) is 0 Å². The van der Waals surface area contributed by atoms with Crippen molar-refractivity contribution in [3.63, 3.8) is 0 Å². The van der Waals surface area contributed by atoms with E-state index in [-0.39, 0.29) is 24.6 Å². The fraction of sp³-hybridized carbons (Fsp3) is 0.417. The molecular weight excluding hydrogens is 369 g/mol. The number of ether oxygens (including phenoxy) is 1. The largest absolute Gasteiger partial charge is 0.622 e. The van der Waals surface area contributed by atoms with Gasteiger partial charge in [0.1, 0.15) is 11.5 Å². The van der Waals surface area contributed by atoms with Crippen LogP contribution in [0, 0.1) is 5.21 Å². The van der Waals surface area contributed by atoms with E-state index in [1.54, 1.807) is 23.4 Å². The highest BCUT2D eigenvalue weighted by Gasteiger charge is 2.47. The molecule has 130 valence electrons. The molecular formula is C12H11F3N4O3S2. The van der Waals surface area contributed by atoms with E-state index in [2.05, 4.69) is 10.2 Å². The molecule has 3 rings (SSSR count). The summed E-state index contributed by atoms with van der Waals surface area (Å²) in [7, 11) is 1.61. The van der Waals surface area contributed by atoms with E-state index in [9.17, 15) is 23.2 Å². The zero-order chi connectivity index (χ0) is 17.5. The van der Waals surface area contributed by atoms with Crippen molar-refractivity contribution >= 4 is 33.8 Å². The number of esters is 1. The Morgan fingerprint density at radius 1 is 1.50 bits per heavy atom. The zero-order valence-corrected chi connectivity index (χ0v) is 13.8. The standard InChI is InChI=1S/C12H11F3N4O3S2/c1-18-5-8(22-9(20)7-3-2-4-23-7)19(21,6-18)11-17-16-10(24-11)12(13,14)15/h2-4,8H,5-6H2,1H3. The minimum absolute atomic E-state index is 0.0849. The second-order valence-electron chi connectivity index (χ2n) is 5.20. The second-order valence-corrected chi connectivity index (χ2v) is 7.10. The molecule has 0 spiro atoms. The molecule has 7 nitrogen and oxygen atoms in total. The fourth-order valence-electron chi connectivity index (χ4n) is 2.27. The smallest absolute Gasteiger partial charge is 0.445 e. The van der Waals surface area contributed by atoms with Crippen LogP contribution in [0.15, 0.2) is 17.5 Å². The molecule has 0 bridgehead atoms. The summed E-state index contributed by atoms with van der Waals surface area (Å²) in [5, 5.41) is 19.6. The zero-order valence-electron chi connectivity index (χ0n) is 12.2. The molecule has 0 saturated carbocycles. The van der Waals surface area contributed by atoms with E-state index in [0.717, 1.165) is 11.3 Å². The molecule has 2 unspecified atom stereocenters. The monoisotopic (exact) mass is 380 g/mol. The Hall–Kier alpha value is -1.60. The molecule has 1 fully saturated rings. The topological polar surface area (TPSA) is 78.4 Å². The Bertz CT molecular complexity index is 736. The van der Waals surface area contributed by atoms with Crippen molar-refractivity contribution in [2.24, 2.45) is 0 Å². The van der Waals surface area contributed by atoms with Gasteiger partial charge in [0.05, 0.1) is 6.54 Å². The molecule has 2 aromatic rings. The maximum absolute atomic E-state index is 13.1. The lowest BCUT2D eigenvalue weighted by molar-refractivity contribution is -0.138. The van der Waals surface area contributed by atoms with Gasteiger partial charge in [-0.2, -0.15) is 13.2 Å². The van der Waals surface area contributed by atoms with Crippen LogP contribution in [0.5, 0.6) is 0 Å². The van der Waals surface area contributed by atoms with Crippen LogP contribution in [0.1, 0.15) is 14.7 Å². The van der Waals surface area contributed by atoms with Crippen LogP contribution < -0.4 is 4.65 Å². The maximum atomic E-state index is 13.1. The quantitative estimate of drug-likeness (QED) is 0.463.